The molecular formula is C11H16N2O4S. The second-order valence-corrected chi connectivity index (χ2v) is 6.46. The molecule has 1 unspecified atom stereocenters. The highest BCUT2D eigenvalue weighted by Crippen LogP contribution is 2.11. The summed E-state index contributed by atoms with van der Waals surface area (Å²) in [6.07, 6.45) is 1.16. The fraction of sp³-hybridized carbons (Fsp3) is 0.455. The summed E-state index contributed by atoms with van der Waals surface area (Å²) in [4.78, 5) is 14.9. The number of carboxylic acid groups (broad SMARTS) is 1. The number of nitrogens with zero attached hydrogens (tertiary/aromatic N) is 1. The van der Waals surface area contributed by atoms with Crippen molar-refractivity contribution >= 4 is 21.6 Å². The summed E-state index contributed by atoms with van der Waals surface area (Å²) in [5, 5.41) is 11.8. The zero-order chi connectivity index (χ0) is 13.9. The molecule has 7 heteroatoms. The summed E-state index contributed by atoms with van der Waals surface area (Å²) in [6.45, 7) is 3.32. The number of rotatable bonds is 5. The molecule has 0 aliphatic carbocycles. The van der Waals surface area contributed by atoms with E-state index < -0.39 is 15.8 Å². The number of anilines is 1. The van der Waals surface area contributed by atoms with Crippen LogP contribution in [0.1, 0.15) is 23.0 Å². The van der Waals surface area contributed by atoms with E-state index in [4.69, 9.17) is 5.11 Å². The molecule has 0 spiro atoms. The Hall–Kier alpha value is -1.63. The number of aromatic nitrogens is 1. The van der Waals surface area contributed by atoms with Crippen molar-refractivity contribution in [2.24, 2.45) is 0 Å². The number of sulfone groups is 1. The standard InChI is InChI=1S/C11H16N2O4S/c1-7(6-18(3,16)17)12-10-5-4-9(11(14)15)8(2)13-10/h4-5,7H,6H2,1-3H3,(H,12,13)(H,14,15). The van der Waals surface area contributed by atoms with Gasteiger partial charge in [0, 0.05) is 12.3 Å². The van der Waals surface area contributed by atoms with Gasteiger partial charge in [0.2, 0.25) is 0 Å². The first kappa shape index (κ1) is 14.4. The highest BCUT2D eigenvalue weighted by atomic mass is 32.2. The van der Waals surface area contributed by atoms with Gasteiger partial charge in [-0.15, -0.1) is 0 Å². The van der Waals surface area contributed by atoms with Crippen LogP contribution in [-0.4, -0.2) is 42.5 Å². The lowest BCUT2D eigenvalue weighted by Gasteiger charge is -2.14. The first-order chi connectivity index (χ1) is 8.19. The van der Waals surface area contributed by atoms with Crippen LogP contribution in [-0.2, 0) is 9.84 Å². The van der Waals surface area contributed by atoms with Crippen LogP contribution in [0.2, 0.25) is 0 Å². The molecule has 0 aromatic carbocycles. The Morgan fingerprint density at radius 1 is 1.50 bits per heavy atom. The SMILES string of the molecule is Cc1nc(NC(C)CS(C)(=O)=O)ccc1C(=O)O. The molecule has 6 nitrogen and oxygen atoms in total. The van der Waals surface area contributed by atoms with Gasteiger partial charge in [-0.05, 0) is 26.0 Å². The number of hydrogen-bond acceptors (Lipinski definition) is 5. The maximum atomic E-state index is 11.1. The Morgan fingerprint density at radius 2 is 2.11 bits per heavy atom. The lowest BCUT2D eigenvalue weighted by molar-refractivity contribution is 0.0695. The highest BCUT2D eigenvalue weighted by molar-refractivity contribution is 7.90. The van der Waals surface area contributed by atoms with Crippen LogP contribution in [0.3, 0.4) is 0 Å². The molecule has 1 heterocycles. The van der Waals surface area contributed by atoms with E-state index in [0.29, 0.717) is 11.5 Å². The molecule has 0 saturated heterocycles. The van der Waals surface area contributed by atoms with E-state index in [1.54, 1.807) is 13.8 Å². The Labute approximate surface area is 106 Å². The van der Waals surface area contributed by atoms with Gasteiger partial charge in [0.1, 0.15) is 15.7 Å². The van der Waals surface area contributed by atoms with Crippen LogP contribution < -0.4 is 5.32 Å². The minimum Gasteiger partial charge on any atom is -0.478 e. The largest absolute Gasteiger partial charge is 0.478 e. The van der Waals surface area contributed by atoms with E-state index in [0.717, 1.165) is 6.26 Å². The Balaban J connectivity index is 2.81. The van der Waals surface area contributed by atoms with E-state index in [-0.39, 0.29) is 17.4 Å². The van der Waals surface area contributed by atoms with Gasteiger partial charge < -0.3 is 10.4 Å². The predicted octanol–water partition coefficient (Wildman–Crippen LogP) is 0.933. The number of aromatic carboxylic acids is 1. The zero-order valence-corrected chi connectivity index (χ0v) is 11.3. The molecule has 0 aliphatic rings. The average Bonchev–Trinajstić information content (AvgIpc) is 2.13. The molecule has 2 N–H and O–H groups in total. The van der Waals surface area contributed by atoms with Crippen LogP contribution in [0.4, 0.5) is 5.82 Å². The van der Waals surface area contributed by atoms with E-state index in [1.165, 1.54) is 12.1 Å². The fourth-order valence-electron chi connectivity index (χ4n) is 1.62. The summed E-state index contributed by atoms with van der Waals surface area (Å²) in [7, 11) is -3.06. The molecule has 1 rings (SSSR count). The normalized spacial score (nSPS) is 13.1. The first-order valence-corrected chi connectivity index (χ1v) is 7.40. The van der Waals surface area contributed by atoms with Crippen LogP contribution in [0.25, 0.3) is 0 Å². The fourth-order valence-corrected chi connectivity index (χ4v) is 2.61. The molecule has 1 aromatic heterocycles. The number of aryl methyl sites for hydroxylation is 1. The maximum absolute atomic E-state index is 11.1. The Morgan fingerprint density at radius 3 is 2.56 bits per heavy atom. The molecule has 1 aromatic rings. The third kappa shape index (κ3) is 4.33. The summed E-state index contributed by atoms with van der Waals surface area (Å²) < 4.78 is 22.2. The van der Waals surface area contributed by atoms with E-state index in [1.807, 2.05) is 0 Å². The van der Waals surface area contributed by atoms with Gasteiger partial charge in [0.05, 0.1) is 17.0 Å². The molecular weight excluding hydrogens is 256 g/mol. The number of nitrogens with one attached hydrogen (secondary N) is 1. The van der Waals surface area contributed by atoms with Crippen molar-refractivity contribution in [3.8, 4) is 0 Å². The van der Waals surface area contributed by atoms with Gasteiger partial charge in [0.15, 0.2) is 0 Å². The molecule has 0 fully saturated rings. The maximum Gasteiger partial charge on any atom is 0.337 e. The molecule has 18 heavy (non-hydrogen) atoms. The summed E-state index contributed by atoms with van der Waals surface area (Å²) >= 11 is 0. The topological polar surface area (TPSA) is 96.4 Å². The third-order valence-corrected chi connectivity index (χ3v) is 3.37. The smallest absolute Gasteiger partial charge is 0.337 e. The van der Waals surface area contributed by atoms with Crippen molar-refractivity contribution < 1.29 is 18.3 Å². The minimum absolute atomic E-state index is 0.00555. The lowest BCUT2D eigenvalue weighted by Crippen LogP contribution is -2.25. The second-order valence-electron chi connectivity index (χ2n) is 4.27. The van der Waals surface area contributed by atoms with Crippen LogP contribution in [0.15, 0.2) is 12.1 Å². The molecule has 100 valence electrons. The van der Waals surface area contributed by atoms with Gasteiger partial charge in [0.25, 0.3) is 0 Å². The monoisotopic (exact) mass is 272 g/mol. The van der Waals surface area contributed by atoms with Crippen molar-refractivity contribution in [1.82, 2.24) is 4.98 Å². The van der Waals surface area contributed by atoms with Gasteiger partial charge in [-0.25, -0.2) is 18.2 Å². The van der Waals surface area contributed by atoms with Crippen molar-refractivity contribution in [2.75, 3.05) is 17.3 Å². The van der Waals surface area contributed by atoms with Crippen LogP contribution in [0, 0.1) is 6.92 Å². The molecule has 1 atom stereocenters. The van der Waals surface area contributed by atoms with Crippen molar-refractivity contribution in [2.45, 2.75) is 19.9 Å². The van der Waals surface area contributed by atoms with Crippen LogP contribution in [0.5, 0.6) is 0 Å². The van der Waals surface area contributed by atoms with Gasteiger partial charge in [-0.1, -0.05) is 0 Å². The second kappa shape index (κ2) is 5.34. The lowest BCUT2D eigenvalue weighted by atomic mass is 10.2. The van der Waals surface area contributed by atoms with Crippen molar-refractivity contribution in [3.63, 3.8) is 0 Å². The highest BCUT2D eigenvalue weighted by Gasteiger charge is 2.12. The minimum atomic E-state index is -3.06. The molecule has 0 amide bonds. The number of carboxylic acids is 1. The molecule has 0 saturated carbocycles. The Kier molecular flexibility index (Phi) is 4.28. The first-order valence-electron chi connectivity index (χ1n) is 5.34. The van der Waals surface area contributed by atoms with E-state index in [9.17, 15) is 13.2 Å². The Bertz CT molecular complexity index is 554. The predicted molar refractivity (Wildman–Crippen MR) is 68.7 cm³/mol. The third-order valence-electron chi connectivity index (χ3n) is 2.26. The summed E-state index contributed by atoms with van der Waals surface area (Å²) in [5.41, 5.74) is 0.523. The van der Waals surface area contributed by atoms with Crippen molar-refractivity contribution in [1.29, 1.82) is 0 Å². The van der Waals surface area contributed by atoms with Crippen molar-refractivity contribution in [3.05, 3.63) is 23.4 Å². The van der Waals surface area contributed by atoms with E-state index >= 15 is 0 Å². The quantitative estimate of drug-likeness (QED) is 0.828. The van der Waals surface area contributed by atoms with Gasteiger partial charge in [-0.2, -0.15) is 0 Å². The van der Waals surface area contributed by atoms with Crippen LogP contribution >= 0.6 is 0 Å². The number of carbonyl (C=O) groups is 1. The van der Waals surface area contributed by atoms with E-state index in [2.05, 4.69) is 10.3 Å². The number of hydrogen-bond donors (Lipinski definition) is 2. The molecule has 0 aliphatic heterocycles. The molecule has 0 radical (unpaired) electrons. The summed E-state index contributed by atoms with van der Waals surface area (Å²) in [5.74, 6) is -0.571. The average molecular weight is 272 g/mol. The van der Waals surface area contributed by atoms with Gasteiger partial charge in [-0.3, -0.25) is 0 Å². The van der Waals surface area contributed by atoms with Gasteiger partial charge >= 0.3 is 5.97 Å². The molecule has 0 bridgehead atoms. The zero-order valence-electron chi connectivity index (χ0n) is 10.5. The number of pyridine rings is 1. The summed E-state index contributed by atoms with van der Waals surface area (Å²) in [6, 6.07) is 2.68.